The van der Waals surface area contributed by atoms with Crippen molar-refractivity contribution in [2.24, 2.45) is 5.73 Å². The number of halogens is 2. The van der Waals surface area contributed by atoms with Crippen LogP contribution in [0.4, 0.5) is 0 Å². The normalized spacial score (nSPS) is 19.6. The summed E-state index contributed by atoms with van der Waals surface area (Å²) >= 11 is 2.20. The number of likely N-dealkylation sites (tertiary alicyclic amines) is 1. The highest BCUT2D eigenvalue weighted by Gasteiger charge is 2.23. The van der Waals surface area contributed by atoms with Gasteiger partial charge in [-0.05, 0) is 47.6 Å². The molecule has 1 fully saturated rings. The topological polar surface area (TPSA) is 46.3 Å². The Morgan fingerprint density at radius 1 is 1.41 bits per heavy atom. The van der Waals surface area contributed by atoms with Crippen LogP contribution in [0.15, 0.2) is 24.3 Å². The van der Waals surface area contributed by atoms with Gasteiger partial charge in [-0.25, -0.2) is 0 Å². The third-order valence-corrected chi connectivity index (χ3v) is 3.79. The number of benzene rings is 1. The third kappa shape index (κ3) is 3.56. The van der Waals surface area contributed by atoms with Crippen molar-refractivity contribution in [1.82, 2.24) is 4.90 Å². The molecule has 0 aliphatic carbocycles. The van der Waals surface area contributed by atoms with Gasteiger partial charge < -0.3 is 10.6 Å². The maximum Gasteiger partial charge on any atom is 0.254 e. The summed E-state index contributed by atoms with van der Waals surface area (Å²) in [7, 11) is 0. The van der Waals surface area contributed by atoms with E-state index in [9.17, 15) is 4.79 Å². The number of hydrogen-bond acceptors (Lipinski definition) is 2. The van der Waals surface area contributed by atoms with Crippen LogP contribution in [-0.4, -0.2) is 29.9 Å². The van der Waals surface area contributed by atoms with Crippen molar-refractivity contribution in [3.63, 3.8) is 0 Å². The SMILES string of the molecule is Cl.N[C@@H]1CCCN(C(=O)c2ccccc2I)C1. The van der Waals surface area contributed by atoms with Gasteiger partial charge in [0.25, 0.3) is 5.91 Å². The lowest BCUT2D eigenvalue weighted by Crippen LogP contribution is -2.45. The molecule has 1 aliphatic rings. The van der Waals surface area contributed by atoms with E-state index in [-0.39, 0.29) is 24.4 Å². The van der Waals surface area contributed by atoms with Gasteiger partial charge in [0, 0.05) is 22.7 Å². The van der Waals surface area contributed by atoms with Crippen molar-refractivity contribution in [2.45, 2.75) is 18.9 Å². The molecule has 5 heteroatoms. The Morgan fingerprint density at radius 3 is 2.76 bits per heavy atom. The molecular weight excluding hydrogens is 351 g/mol. The Bertz CT molecular complexity index is 400. The third-order valence-electron chi connectivity index (χ3n) is 2.85. The molecule has 1 amide bonds. The molecule has 94 valence electrons. The number of carbonyl (C=O) groups is 1. The summed E-state index contributed by atoms with van der Waals surface area (Å²) in [6.45, 7) is 1.52. The molecule has 0 unspecified atom stereocenters. The second-order valence-electron chi connectivity index (χ2n) is 4.13. The summed E-state index contributed by atoms with van der Waals surface area (Å²) in [6, 6.07) is 7.82. The van der Waals surface area contributed by atoms with Gasteiger partial charge in [-0.1, -0.05) is 12.1 Å². The van der Waals surface area contributed by atoms with Crippen LogP contribution in [0.2, 0.25) is 0 Å². The lowest BCUT2D eigenvalue weighted by molar-refractivity contribution is 0.0708. The Morgan fingerprint density at radius 2 is 2.12 bits per heavy atom. The van der Waals surface area contributed by atoms with Crippen LogP contribution in [0.1, 0.15) is 23.2 Å². The first-order valence-electron chi connectivity index (χ1n) is 5.48. The average molecular weight is 367 g/mol. The fourth-order valence-corrected chi connectivity index (χ4v) is 2.62. The number of nitrogens with two attached hydrogens (primary N) is 1. The van der Waals surface area contributed by atoms with E-state index in [2.05, 4.69) is 22.6 Å². The molecule has 1 atom stereocenters. The lowest BCUT2D eigenvalue weighted by Gasteiger charge is -2.31. The Kier molecular flexibility index (Phi) is 5.69. The minimum Gasteiger partial charge on any atom is -0.337 e. The van der Waals surface area contributed by atoms with E-state index < -0.39 is 0 Å². The van der Waals surface area contributed by atoms with Gasteiger partial charge >= 0.3 is 0 Å². The standard InChI is InChI=1S/C12H15IN2O.ClH/c13-11-6-2-1-5-10(11)12(16)15-7-3-4-9(14)8-15;/h1-2,5-6,9H,3-4,7-8,14H2;1H/t9-;/m1./s1. The second-order valence-corrected chi connectivity index (χ2v) is 5.30. The molecule has 1 saturated heterocycles. The summed E-state index contributed by atoms with van der Waals surface area (Å²) in [4.78, 5) is 14.1. The molecule has 0 radical (unpaired) electrons. The highest BCUT2D eigenvalue weighted by atomic mass is 127. The maximum absolute atomic E-state index is 12.2. The van der Waals surface area contributed by atoms with Crippen molar-refractivity contribution >= 4 is 40.9 Å². The molecule has 1 aromatic carbocycles. The van der Waals surface area contributed by atoms with Crippen LogP contribution in [0.25, 0.3) is 0 Å². The first kappa shape index (κ1) is 14.7. The maximum atomic E-state index is 12.2. The number of nitrogens with zero attached hydrogens (tertiary/aromatic N) is 1. The largest absolute Gasteiger partial charge is 0.337 e. The molecule has 17 heavy (non-hydrogen) atoms. The smallest absolute Gasteiger partial charge is 0.254 e. The van der Waals surface area contributed by atoms with Crippen LogP contribution in [0.5, 0.6) is 0 Å². The first-order valence-corrected chi connectivity index (χ1v) is 6.56. The molecule has 2 N–H and O–H groups in total. The summed E-state index contributed by atoms with van der Waals surface area (Å²) in [5.74, 6) is 0.111. The van der Waals surface area contributed by atoms with Gasteiger partial charge in [0.15, 0.2) is 0 Å². The minimum absolute atomic E-state index is 0. The Balaban J connectivity index is 0.00000144. The number of amides is 1. The van der Waals surface area contributed by atoms with E-state index in [0.717, 1.165) is 28.5 Å². The number of rotatable bonds is 1. The van der Waals surface area contributed by atoms with Gasteiger partial charge in [0.1, 0.15) is 0 Å². The van der Waals surface area contributed by atoms with E-state index in [4.69, 9.17) is 5.73 Å². The van der Waals surface area contributed by atoms with Crippen molar-refractivity contribution in [3.05, 3.63) is 33.4 Å². The van der Waals surface area contributed by atoms with Crippen LogP contribution in [-0.2, 0) is 0 Å². The van der Waals surface area contributed by atoms with Gasteiger partial charge in [-0.2, -0.15) is 0 Å². The van der Waals surface area contributed by atoms with E-state index in [0.29, 0.717) is 6.54 Å². The van der Waals surface area contributed by atoms with E-state index in [1.54, 1.807) is 0 Å². The van der Waals surface area contributed by atoms with E-state index in [1.165, 1.54) is 0 Å². The molecule has 3 nitrogen and oxygen atoms in total. The Hall–Kier alpha value is -0.330. The zero-order chi connectivity index (χ0) is 11.5. The number of hydrogen-bond donors (Lipinski definition) is 1. The molecule has 1 aliphatic heterocycles. The Labute approximate surface area is 121 Å². The average Bonchev–Trinajstić information content (AvgIpc) is 2.29. The molecule has 1 aromatic rings. The number of piperidine rings is 1. The van der Waals surface area contributed by atoms with E-state index in [1.807, 2.05) is 29.2 Å². The van der Waals surface area contributed by atoms with Gasteiger partial charge in [-0.15, -0.1) is 12.4 Å². The predicted molar refractivity (Wildman–Crippen MR) is 79.5 cm³/mol. The second kappa shape index (κ2) is 6.56. The van der Waals surface area contributed by atoms with Crippen molar-refractivity contribution in [3.8, 4) is 0 Å². The summed E-state index contributed by atoms with van der Waals surface area (Å²) in [5, 5.41) is 0. The monoisotopic (exact) mass is 366 g/mol. The molecule has 0 saturated carbocycles. The summed E-state index contributed by atoms with van der Waals surface area (Å²) in [6.07, 6.45) is 2.03. The van der Waals surface area contributed by atoms with Gasteiger partial charge in [0.2, 0.25) is 0 Å². The minimum atomic E-state index is 0. The van der Waals surface area contributed by atoms with Crippen molar-refractivity contribution in [1.29, 1.82) is 0 Å². The fourth-order valence-electron chi connectivity index (χ4n) is 2.00. The molecule has 2 rings (SSSR count). The first-order chi connectivity index (χ1) is 7.68. The van der Waals surface area contributed by atoms with Crippen LogP contribution >= 0.6 is 35.0 Å². The summed E-state index contributed by atoms with van der Waals surface area (Å²) < 4.78 is 1.00. The van der Waals surface area contributed by atoms with Crippen molar-refractivity contribution in [2.75, 3.05) is 13.1 Å². The molecule has 1 heterocycles. The molecule has 0 bridgehead atoms. The quantitative estimate of drug-likeness (QED) is 0.775. The summed E-state index contributed by atoms with van der Waals surface area (Å²) in [5.41, 5.74) is 6.67. The number of carbonyl (C=O) groups excluding carboxylic acids is 1. The fraction of sp³-hybridized carbons (Fsp3) is 0.417. The van der Waals surface area contributed by atoms with Gasteiger partial charge in [-0.3, -0.25) is 4.79 Å². The molecule has 0 spiro atoms. The highest BCUT2D eigenvalue weighted by molar-refractivity contribution is 14.1. The van der Waals surface area contributed by atoms with Crippen LogP contribution in [0, 0.1) is 3.57 Å². The van der Waals surface area contributed by atoms with Crippen LogP contribution in [0.3, 0.4) is 0 Å². The predicted octanol–water partition coefficient (Wildman–Crippen LogP) is 2.28. The molecule has 0 aromatic heterocycles. The van der Waals surface area contributed by atoms with Gasteiger partial charge in [0.05, 0.1) is 5.56 Å². The van der Waals surface area contributed by atoms with E-state index >= 15 is 0 Å². The van der Waals surface area contributed by atoms with Crippen LogP contribution < -0.4 is 5.73 Å². The van der Waals surface area contributed by atoms with Crippen molar-refractivity contribution < 1.29 is 4.79 Å². The zero-order valence-electron chi connectivity index (χ0n) is 9.43. The molecular formula is C12H16ClIN2O. The zero-order valence-corrected chi connectivity index (χ0v) is 12.4. The lowest BCUT2D eigenvalue weighted by atomic mass is 10.1. The highest BCUT2D eigenvalue weighted by Crippen LogP contribution is 2.17.